The minimum atomic E-state index is -4.14. The predicted molar refractivity (Wildman–Crippen MR) is 75.2 cm³/mol. The summed E-state index contributed by atoms with van der Waals surface area (Å²) in [7, 11) is -2.65. The Labute approximate surface area is 129 Å². The average Bonchev–Trinajstić information content (AvgIpc) is 2.73. The summed E-state index contributed by atoms with van der Waals surface area (Å²) in [5.41, 5.74) is -0.376. The Kier molecular flexibility index (Phi) is 4.08. The van der Waals surface area contributed by atoms with Crippen LogP contribution in [0.2, 0.25) is 10.0 Å². The third-order valence-corrected chi connectivity index (χ3v) is 4.58. The number of hydrogen-bond donors (Lipinski definition) is 2. The van der Waals surface area contributed by atoms with Crippen molar-refractivity contribution in [3.05, 3.63) is 34.1 Å². The molecule has 11 heteroatoms. The highest BCUT2D eigenvalue weighted by atomic mass is 35.5. The van der Waals surface area contributed by atoms with E-state index in [2.05, 4.69) is 14.8 Å². The van der Waals surface area contributed by atoms with E-state index in [4.69, 9.17) is 28.3 Å². The number of rotatable bonds is 4. The van der Waals surface area contributed by atoms with E-state index in [1.54, 1.807) is 0 Å². The second kappa shape index (κ2) is 5.51. The molecule has 2 rings (SSSR count). The van der Waals surface area contributed by atoms with Gasteiger partial charge in [0.1, 0.15) is 11.2 Å². The first-order valence-electron chi connectivity index (χ1n) is 5.31. The van der Waals surface area contributed by atoms with Crippen LogP contribution in [0.1, 0.15) is 10.4 Å². The molecule has 2 aromatic rings. The molecule has 112 valence electrons. The second-order valence-corrected chi connectivity index (χ2v) is 6.35. The quantitative estimate of drug-likeness (QED) is 0.865. The zero-order valence-corrected chi connectivity index (χ0v) is 12.7. The lowest BCUT2D eigenvalue weighted by Gasteiger charge is -2.10. The van der Waals surface area contributed by atoms with Crippen molar-refractivity contribution in [1.29, 1.82) is 0 Å². The Balaban J connectivity index is 2.52. The van der Waals surface area contributed by atoms with Gasteiger partial charge >= 0.3 is 5.97 Å². The summed E-state index contributed by atoms with van der Waals surface area (Å²) in [5, 5.41) is 12.3. The first-order valence-corrected chi connectivity index (χ1v) is 7.55. The average molecular weight is 351 g/mol. The minimum absolute atomic E-state index is 0.0436. The van der Waals surface area contributed by atoms with Crippen LogP contribution in [0.4, 0.5) is 5.95 Å². The van der Waals surface area contributed by atoms with Crippen LogP contribution in [0.3, 0.4) is 0 Å². The lowest BCUT2D eigenvalue weighted by Crippen LogP contribution is -2.17. The molecule has 0 unspecified atom stereocenters. The fourth-order valence-electron chi connectivity index (χ4n) is 1.46. The molecule has 0 atom stereocenters. The van der Waals surface area contributed by atoms with Gasteiger partial charge < -0.3 is 5.11 Å². The largest absolute Gasteiger partial charge is 0.478 e. The smallest absolute Gasteiger partial charge is 0.337 e. The van der Waals surface area contributed by atoms with Gasteiger partial charge in [-0.3, -0.25) is 0 Å². The van der Waals surface area contributed by atoms with Gasteiger partial charge in [0.2, 0.25) is 5.95 Å². The molecule has 0 bridgehead atoms. The topological polar surface area (TPSA) is 114 Å². The van der Waals surface area contributed by atoms with Crippen LogP contribution in [0.5, 0.6) is 0 Å². The van der Waals surface area contributed by atoms with Crippen LogP contribution in [0, 0.1) is 0 Å². The molecule has 0 spiro atoms. The first-order chi connectivity index (χ1) is 9.72. The summed E-state index contributed by atoms with van der Waals surface area (Å²) < 4.78 is 27.8. The van der Waals surface area contributed by atoms with Gasteiger partial charge in [-0.1, -0.05) is 23.2 Å². The number of nitrogens with zero attached hydrogens (tertiary/aromatic N) is 3. The number of benzene rings is 1. The van der Waals surface area contributed by atoms with Crippen molar-refractivity contribution < 1.29 is 18.3 Å². The monoisotopic (exact) mass is 350 g/mol. The fraction of sp³-hybridized carbons (Fsp3) is 0.100. The maximum atomic E-state index is 12.2. The van der Waals surface area contributed by atoms with Crippen molar-refractivity contribution in [3.8, 4) is 0 Å². The second-order valence-electron chi connectivity index (χ2n) is 3.88. The van der Waals surface area contributed by atoms with Crippen LogP contribution in [0.25, 0.3) is 0 Å². The fourth-order valence-corrected chi connectivity index (χ4v) is 3.36. The molecule has 0 amide bonds. The Hall–Kier alpha value is -1.84. The Morgan fingerprint density at radius 1 is 1.33 bits per heavy atom. The van der Waals surface area contributed by atoms with Crippen LogP contribution in [0.15, 0.2) is 23.4 Å². The number of aromatic carboxylic acids is 1. The van der Waals surface area contributed by atoms with Crippen molar-refractivity contribution in [2.45, 2.75) is 4.90 Å². The van der Waals surface area contributed by atoms with E-state index < -0.39 is 20.9 Å². The number of aryl methyl sites for hydroxylation is 1. The van der Waals surface area contributed by atoms with Crippen molar-refractivity contribution in [2.75, 3.05) is 4.72 Å². The van der Waals surface area contributed by atoms with Gasteiger partial charge in [0.25, 0.3) is 10.0 Å². The summed E-state index contributed by atoms with van der Waals surface area (Å²) in [6, 6.07) is 1.93. The molecule has 0 aliphatic carbocycles. The summed E-state index contributed by atoms with van der Waals surface area (Å²) in [5.74, 6) is -1.41. The molecule has 1 aromatic carbocycles. The molecular formula is C10H8Cl2N4O4S. The van der Waals surface area contributed by atoms with Gasteiger partial charge in [-0.15, -0.1) is 0 Å². The van der Waals surface area contributed by atoms with E-state index in [1.807, 2.05) is 0 Å². The normalized spacial score (nSPS) is 11.4. The van der Waals surface area contributed by atoms with Gasteiger partial charge in [0, 0.05) is 7.05 Å². The Morgan fingerprint density at radius 2 is 2.00 bits per heavy atom. The number of anilines is 1. The SMILES string of the molecule is Cn1ncnc1NS(=O)(=O)c1cc(C(=O)O)c(Cl)cc1Cl. The molecule has 0 saturated carbocycles. The van der Waals surface area contributed by atoms with Gasteiger partial charge in [0.15, 0.2) is 0 Å². The lowest BCUT2D eigenvalue weighted by atomic mass is 10.2. The number of hydrogen-bond acceptors (Lipinski definition) is 5. The summed E-state index contributed by atoms with van der Waals surface area (Å²) in [6.45, 7) is 0. The molecule has 2 N–H and O–H groups in total. The van der Waals surface area contributed by atoms with E-state index in [9.17, 15) is 13.2 Å². The van der Waals surface area contributed by atoms with Gasteiger partial charge in [-0.05, 0) is 12.1 Å². The van der Waals surface area contributed by atoms with Crippen molar-refractivity contribution in [3.63, 3.8) is 0 Å². The molecule has 0 aliphatic heterocycles. The van der Waals surface area contributed by atoms with Crippen molar-refractivity contribution in [2.24, 2.45) is 7.05 Å². The molecule has 0 radical (unpaired) electrons. The number of carbonyl (C=O) groups is 1. The molecule has 21 heavy (non-hydrogen) atoms. The molecular weight excluding hydrogens is 343 g/mol. The first kappa shape index (κ1) is 15.5. The van der Waals surface area contributed by atoms with Crippen LogP contribution in [-0.2, 0) is 17.1 Å². The third kappa shape index (κ3) is 3.09. The zero-order valence-electron chi connectivity index (χ0n) is 10.4. The van der Waals surface area contributed by atoms with E-state index in [0.29, 0.717) is 0 Å². The maximum Gasteiger partial charge on any atom is 0.337 e. The summed E-state index contributed by atoms with van der Waals surface area (Å²) in [4.78, 5) is 14.3. The Bertz CT molecular complexity index is 818. The van der Waals surface area contributed by atoms with Crippen LogP contribution in [-0.4, -0.2) is 34.3 Å². The Morgan fingerprint density at radius 3 is 2.52 bits per heavy atom. The van der Waals surface area contributed by atoms with E-state index >= 15 is 0 Å². The number of sulfonamides is 1. The van der Waals surface area contributed by atoms with E-state index in [0.717, 1.165) is 18.5 Å². The standard InChI is InChI=1S/C10H8Cl2N4O4S/c1-16-10(13-4-14-16)15-21(19,20)8-2-5(9(17)18)6(11)3-7(8)12/h2-4H,1H3,(H,17,18)(H,13,14,15). The van der Waals surface area contributed by atoms with Gasteiger partial charge in [-0.2, -0.15) is 10.1 Å². The number of nitrogens with one attached hydrogen (secondary N) is 1. The highest BCUT2D eigenvalue weighted by molar-refractivity contribution is 7.92. The highest BCUT2D eigenvalue weighted by Crippen LogP contribution is 2.29. The molecule has 0 aliphatic rings. The number of carboxylic acids is 1. The predicted octanol–water partition coefficient (Wildman–Crippen LogP) is 1.62. The molecule has 0 saturated heterocycles. The minimum Gasteiger partial charge on any atom is -0.478 e. The zero-order chi connectivity index (χ0) is 15.8. The van der Waals surface area contributed by atoms with Crippen molar-refractivity contribution in [1.82, 2.24) is 14.8 Å². The molecule has 1 aromatic heterocycles. The number of halogens is 2. The number of aromatic nitrogens is 3. The summed E-state index contributed by atoms with van der Waals surface area (Å²) in [6.07, 6.45) is 1.16. The molecule has 0 fully saturated rings. The number of carboxylic acid groups (broad SMARTS) is 1. The molecule has 8 nitrogen and oxygen atoms in total. The van der Waals surface area contributed by atoms with Gasteiger partial charge in [0.05, 0.1) is 15.6 Å². The lowest BCUT2D eigenvalue weighted by molar-refractivity contribution is 0.0697. The van der Waals surface area contributed by atoms with Crippen LogP contribution >= 0.6 is 23.2 Å². The van der Waals surface area contributed by atoms with Gasteiger partial charge in [-0.25, -0.2) is 22.6 Å². The molecule has 1 heterocycles. The maximum absolute atomic E-state index is 12.2. The van der Waals surface area contributed by atoms with E-state index in [1.165, 1.54) is 11.7 Å². The summed E-state index contributed by atoms with van der Waals surface area (Å²) >= 11 is 11.5. The van der Waals surface area contributed by atoms with E-state index in [-0.39, 0.29) is 21.6 Å². The third-order valence-electron chi connectivity index (χ3n) is 2.48. The van der Waals surface area contributed by atoms with Crippen LogP contribution < -0.4 is 4.72 Å². The van der Waals surface area contributed by atoms with Crippen molar-refractivity contribution >= 4 is 45.1 Å². The highest BCUT2D eigenvalue weighted by Gasteiger charge is 2.23.